The van der Waals surface area contributed by atoms with Crippen molar-refractivity contribution in [2.45, 2.75) is 58.5 Å². The third-order valence-electron chi connectivity index (χ3n) is 3.65. The number of nitrogens with zero attached hydrogens (tertiary/aromatic N) is 1. The summed E-state index contributed by atoms with van der Waals surface area (Å²) in [6.07, 6.45) is 9.42. The number of hydrogen-bond acceptors (Lipinski definition) is 3. The maximum Gasteiger partial charge on any atom is 0.122 e. The lowest BCUT2D eigenvalue weighted by Gasteiger charge is -2.26. The van der Waals surface area contributed by atoms with Crippen molar-refractivity contribution in [1.29, 1.82) is 0 Å². The molecule has 2 rings (SSSR count). The van der Waals surface area contributed by atoms with Gasteiger partial charge in [0.05, 0.1) is 12.3 Å². The predicted molar refractivity (Wildman–Crippen MR) is 82.5 cm³/mol. The van der Waals surface area contributed by atoms with Gasteiger partial charge in [0.1, 0.15) is 12.4 Å². The molecule has 0 amide bonds. The molecular weight excluding hydrogens is 250 g/mol. The summed E-state index contributed by atoms with van der Waals surface area (Å²) in [4.78, 5) is 4.99. The van der Waals surface area contributed by atoms with E-state index in [0.29, 0.717) is 12.7 Å². The van der Waals surface area contributed by atoms with Gasteiger partial charge in [-0.3, -0.25) is 0 Å². The van der Waals surface area contributed by atoms with Gasteiger partial charge in [-0.1, -0.05) is 24.9 Å². The molecule has 110 valence electrons. The normalized spacial score (nSPS) is 17.8. The van der Waals surface area contributed by atoms with Gasteiger partial charge in [0, 0.05) is 0 Å². The molecule has 3 heteroatoms. The largest absolute Gasteiger partial charge is 0.490 e. The molecule has 1 unspecified atom stereocenters. The standard InChI is InChI=1S/C17H25NO2/c1-3-5-6-7-16-10-9-15-12-14(13-18-19-4-2)8-11-17(15)20-16/h8,11-13,16H,3-7,9-10H2,1-2H3/b18-13+. The number of aryl methyl sites for hydroxylation is 1. The average molecular weight is 275 g/mol. The Morgan fingerprint density at radius 3 is 3.05 bits per heavy atom. The van der Waals surface area contributed by atoms with Crippen LogP contribution in [-0.2, 0) is 11.3 Å². The number of oxime groups is 1. The van der Waals surface area contributed by atoms with Crippen LogP contribution >= 0.6 is 0 Å². The fraction of sp³-hybridized carbons (Fsp3) is 0.588. The van der Waals surface area contributed by atoms with Crippen LogP contribution in [0.5, 0.6) is 5.75 Å². The van der Waals surface area contributed by atoms with Crippen LogP contribution in [0.3, 0.4) is 0 Å². The molecule has 3 nitrogen and oxygen atoms in total. The Labute approximate surface area is 122 Å². The second-order valence-electron chi connectivity index (χ2n) is 5.29. The minimum absolute atomic E-state index is 0.400. The van der Waals surface area contributed by atoms with Crippen molar-refractivity contribution in [3.8, 4) is 5.75 Å². The molecule has 1 atom stereocenters. The summed E-state index contributed by atoms with van der Waals surface area (Å²) < 4.78 is 6.08. The van der Waals surface area contributed by atoms with E-state index in [1.165, 1.54) is 31.2 Å². The molecule has 1 aliphatic heterocycles. The van der Waals surface area contributed by atoms with Gasteiger partial charge in [0.25, 0.3) is 0 Å². The first-order chi connectivity index (χ1) is 9.83. The van der Waals surface area contributed by atoms with Gasteiger partial charge >= 0.3 is 0 Å². The van der Waals surface area contributed by atoms with Gasteiger partial charge < -0.3 is 9.57 Å². The Kier molecular flexibility index (Phi) is 5.90. The van der Waals surface area contributed by atoms with Gasteiger partial charge in [0.15, 0.2) is 0 Å². The molecule has 0 spiro atoms. The van der Waals surface area contributed by atoms with Crippen molar-refractivity contribution >= 4 is 6.21 Å². The maximum atomic E-state index is 6.08. The molecule has 1 aromatic carbocycles. The predicted octanol–water partition coefficient (Wildman–Crippen LogP) is 4.33. The summed E-state index contributed by atoms with van der Waals surface area (Å²) in [5.41, 5.74) is 2.36. The third kappa shape index (κ3) is 4.26. The lowest BCUT2D eigenvalue weighted by atomic mass is 9.97. The topological polar surface area (TPSA) is 30.8 Å². The van der Waals surface area contributed by atoms with E-state index in [9.17, 15) is 0 Å². The van der Waals surface area contributed by atoms with Crippen LogP contribution in [0.25, 0.3) is 0 Å². The van der Waals surface area contributed by atoms with Gasteiger partial charge in [-0.05, 0) is 61.9 Å². The Morgan fingerprint density at radius 2 is 2.25 bits per heavy atom. The van der Waals surface area contributed by atoms with E-state index in [2.05, 4.69) is 24.2 Å². The van der Waals surface area contributed by atoms with Crippen molar-refractivity contribution in [2.24, 2.45) is 5.16 Å². The molecule has 0 bridgehead atoms. The highest BCUT2D eigenvalue weighted by Crippen LogP contribution is 2.30. The van der Waals surface area contributed by atoms with E-state index in [4.69, 9.17) is 9.57 Å². The van der Waals surface area contributed by atoms with Gasteiger partial charge in [-0.25, -0.2) is 0 Å². The Hall–Kier alpha value is -1.51. The molecule has 0 fully saturated rings. The van der Waals surface area contributed by atoms with Gasteiger partial charge in [0.2, 0.25) is 0 Å². The van der Waals surface area contributed by atoms with E-state index in [0.717, 1.165) is 24.2 Å². The van der Waals surface area contributed by atoms with Crippen LogP contribution in [0.15, 0.2) is 23.4 Å². The number of fused-ring (bicyclic) bond motifs is 1. The van der Waals surface area contributed by atoms with Crippen molar-refractivity contribution in [3.05, 3.63) is 29.3 Å². The quantitative estimate of drug-likeness (QED) is 0.421. The zero-order valence-corrected chi connectivity index (χ0v) is 12.6. The molecule has 1 heterocycles. The average Bonchev–Trinajstić information content (AvgIpc) is 2.48. The van der Waals surface area contributed by atoms with E-state index < -0.39 is 0 Å². The number of benzene rings is 1. The molecular formula is C17H25NO2. The summed E-state index contributed by atoms with van der Waals surface area (Å²) in [6, 6.07) is 6.25. The summed E-state index contributed by atoms with van der Waals surface area (Å²) in [7, 11) is 0. The van der Waals surface area contributed by atoms with Crippen molar-refractivity contribution in [3.63, 3.8) is 0 Å². The molecule has 1 aromatic rings. The molecule has 0 saturated heterocycles. The second kappa shape index (κ2) is 7.93. The first kappa shape index (κ1) is 14.9. The fourth-order valence-electron chi connectivity index (χ4n) is 2.54. The van der Waals surface area contributed by atoms with E-state index in [-0.39, 0.29) is 0 Å². The van der Waals surface area contributed by atoms with Crippen molar-refractivity contribution in [1.82, 2.24) is 0 Å². The molecule has 0 aliphatic carbocycles. The lowest BCUT2D eigenvalue weighted by molar-refractivity contribution is 0.159. The van der Waals surface area contributed by atoms with Crippen LogP contribution in [0, 0.1) is 0 Å². The smallest absolute Gasteiger partial charge is 0.122 e. The zero-order valence-electron chi connectivity index (χ0n) is 12.6. The van der Waals surface area contributed by atoms with E-state index >= 15 is 0 Å². The van der Waals surface area contributed by atoms with E-state index in [1.54, 1.807) is 6.21 Å². The maximum absolute atomic E-state index is 6.08. The highest BCUT2D eigenvalue weighted by molar-refractivity contribution is 5.79. The Bertz CT molecular complexity index is 443. The molecule has 0 N–H and O–H groups in total. The fourth-order valence-corrected chi connectivity index (χ4v) is 2.54. The lowest BCUT2D eigenvalue weighted by Crippen LogP contribution is -2.22. The molecule has 1 aliphatic rings. The van der Waals surface area contributed by atoms with Crippen molar-refractivity contribution < 1.29 is 9.57 Å². The molecule has 0 radical (unpaired) electrons. The molecule has 0 saturated carbocycles. The minimum atomic E-state index is 0.400. The summed E-state index contributed by atoms with van der Waals surface area (Å²) >= 11 is 0. The summed E-state index contributed by atoms with van der Waals surface area (Å²) in [5.74, 6) is 1.05. The highest BCUT2D eigenvalue weighted by Gasteiger charge is 2.19. The summed E-state index contributed by atoms with van der Waals surface area (Å²) in [5, 5.41) is 3.91. The zero-order chi connectivity index (χ0) is 14.2. The van der Waals surface area contributed by atoms with Crippen LogP contribution < -0.4 is 4.74 Å². The van der Waals surface area contributed by atoms with Crippen LogP contribution in [-0.4, -0.2) is 18.9 Å². The monoisotopic (exact) mass is 275 g/mol. The highest BCUT2D eigenvalue weighted by atomic mass is 16.6. The number of rotatable bonds is 7. The Morgan fingerprint density at radius 1 is 1.35 bits per heavy atom. The SMILES string of the molecule is CCCCCC1CCc2cc(/C=N/OCC)ccc2O1. The second-order valence-corrected chi connectivity index (χ2v) is 5.29. The van der Waals surface area contributed by atoms with Gasteiger partial charge in [-0.15, -0.1) is 0 Å². The molecule has 20 heavy (non-hydrogen) atoms. The van der Waals surface area contributed by atoms with Gasteiger partial charge in [-0.2, -0.15) is 0 Å². The number of ether oxygens (including phenoxy) is 1. The first-order valence-electron chi connectivity index (χ1n) is 7.78. The van der Waals surface area contributed by atoms with E-state index in [1.807, 2.05) is 13.0 Å². The third-order valence-corrected chi connectivity index (χ3v) is 3.65. The van der Waals surface area contributed by atoms with Crippen LogP contribution in [0.4, 0.5) is 0 Å². The number of unbranched alkanes of at least 4 members (excludes halogenated alkanes) is 2. The van der Waals surface area contributed by atoms with Crippen LogP contribution in [0.1, 0.15) is 57.1 Å². The number of hydrogen-bond donors (Lipinski definition) is 0. The first-order valence-corrected chi connectivity index (χ1v) is 7.78. The minimum Gasteiger partial charge on any atom is -0.490 e. The molecule has 0 aromatic heterocycles. The Balaban J connectivity index is 1.93. The van der Waals surface area contributed by atoms with Crippen molar-refractivity contribution in [2.75, 3.05) is 6.61 Å². The van der Waals surface area contributed by atoms with Crippen LogP contribution in [0.2, 0.25) is 0 Å². The summed E-state index contributed by atoms with van der Waals surface area (Å²) in [6.45, 7) is 4.77.